The van der Waals surface area contributed by atoms with Crippen molar-refractivity contribution in [3.05, 3.63) is 59.2 Å². The van der Waals surface area contributed by atoms with Crippen LogP contribution in [0.15, 0.2) is 30.3 Å². The van der Waals surface area contributed by atoms with Crippen LogP contribution in [0, 0.1) is 34.6 Å². The predicted octanol–water partition coefficient (Wildman–Crippen LogP) is 3.86. The van der Waals surface area contributed by atoms with Crippen molar-refractivity contribution in [3.63, 3.8) is 0 Å². The van der Waals surface area contributed by atoms with E-state index in [9.17, 15) is 17.6 Å². The Hall–Kier alpha value is -2.55. The van der Waals surface area contributed by atoms with Gasteiger partial charge in [0.25, 0.3) is 0 Å². The maximum absolute atomic E-state index is 13.5. The van der Waals surface area contributed by atoms with Gasteiger partial charge in [-0.2, -0.15) is 5.26 Å². The second kappa shape index (κ2) is 4.98. The Labute approximate surface area is 105 Å². The van der Waals surface area contributed by atoms with Crippen LogP contribution in [-0.2, 0) is 0 Å². The normalized spacial score (nSPS) is 10.1. The van der Waals surface area contributed by atoms with Gasteiger partial charge in [0, 0.05) is 6.07 Å². The number of hydrogen-bond donors (Lipinski definition) is 1. The Bertz CT molecular complexity index is 654. The predicted molar refractivity (Wildman–Crippen MR) is 60.7 cm³/mol. The summed E-state index contributed by atoms with van der Waals surface area (Å²) in [6, 6.07) is 5.65. The lowest BCUT2D eigenvalue weighted by atomic mass is 10.2. The Morgan fingerprint density at radius 1 is 0.895 bits per heavy atom. The van der Waals surface area contributed by atoms with E-state index < -0.39 is 34.6 Å². The fourth-order valence-corrected chi connectivity index (χ4v) is 1.49. The standard InChI is InChI=1S/C13H6F4N2/c14-8-1-2-9(15)12(5-8)19-13-10(16)3-7(6-18)4-11(13)17/h1-5,19H. The van der Waals surface area contributed by atoms with Crippen molar-refractivity contribution in [1.82, 2.24) is 0 Å². The highest BCUT2D eigenvalue weighted by molar-refractivity contribution is 5.62. The molecular formula is C13H6F4N2. The largest absolute Gasteiger partial charge is 0.348 e. The number of hydrogen-bond acceptors (Lipinski definition) is 2. The maximum atomic E-state index is 13.5. The molecule has 2 nitrogen and oxygen atoms in total. The van der Waals surface area contributed by atoms with Gasteiger partial charge in [-0.25, -0.2) is 17.6 Å². The van der Waals surface area contributed by atoms with Gasteiger partial charge in [0.15, 0.2) is 11.6 Å². The highest BCUT2D eigenvalue weighted by Crippen LogP contribution is 2.26. The fourth-order valence-electron chi connectivity index (χ4n) is 1.49. The third-order valence-electron chi connectivity index (χ3n) is 2.36. The third kappa shape index (κ3) is 2.65. The molecule has 0 spiro atoms. The van der Waals surface area contributed by atoms with Gasteiger partial charge in [0.1, 0.15) is 17.3 Å². The Morgan fingerprint density at radius 2 is 1.53 bits per heavy atom. The van der Waals surface area contributed by atoms with E-state index in [4.69, 9.17) is 5.26 Å². The number of nitrogens with one attached hydrogen (secondary N) is 1. The Balaban J connectivity index is 2.44. The summed E-state index contributed by atoms with van der Waals surface area (Å²) in [5.74, 6) is -3.75. The Kier molecular flexibility index (Phi) is 3.38. The van der Waals surface area contributed by atoms with E-state index in [2.05, 4.69) is 5.32 Å². The second-order valence-corrected chi connectivity index (χ2v) is 3.68. The van der Waals surface area contributed by atoms with Crippen LogP contribution in [0.1, 0.15) is 5.56 Å². The minimum atomic E-state index is -1.07. The Morgan fingerprint density at radius 3 is 2.11 bits per heavy atom. The monoisotopic (exact) mass is 266 g/mol. The zero-order valence-electron chi connectivity index (χ0n) is 9.35. The molecule has 0 aromatic heterocycles. The first-order valence-corrected chi connectivity index (χ1v) is 5.12. The van der Waals surface area contributed by atoms with Crippen molar-refractivity contribution in [1.29, 1.82) is 5.26 Å². The summed E-state index contributed by atoms with van der Waals surface area (Å²) in [6.07, 6.45) is 0. The van der Waals surface area contributed by atoms with Gasteiger partial charge >= 0.3 is 0 Å². The fraction of sp³-hybridized carbons (Fsp3) is 0. The third-order valence-corrected chi connectivity index (χ3v) is 2.36. The molecular weight excluding hydrogens is 260 g/mol. The van der Waals surface area contributed by atoms with Crippen LogP contribution in [0.2, 0.25) is 0 Å². The van der Waals surface area contributed by atoms with Gasteiger partial charge in [-0.3, -0.25) is 0 Å². The number of nitrogens with zero attached hydrogens (tertiary/aromatic N) is 1. The first kappa shape index (κ1) is 12.9. The van der Waals surface area contributed by atoms with Crippen LogP contribution < -0.4 is 5.32 Å². The molecule has 1 N–H and O–H groups in total. The molecule has 0 bridgehead atoms. The summed E-state index contributed by atoms with van der Waals surface area (Å²) in [7, 11) is 0. The zero-order valence-corrected chi connectivity index (χ0v) is 9.35. The van der Waals surface area contributed by atoms with Gasteiger partial charge in [0.2, 0.25) is 0 Å². The molecule has 0 saturated heterocycles. The summed E-state index contributed by atoms with van der Waals surface area (Å²) in [6.45, 7) is 0. The van der Waals surface area contributed by atoms with Gasteiger partial charge in [-0.05, 0) is 24.3 Å². The van der Waals surface area contributed by atoms with Crippen LogP contribution in [0.3, 0.4) is 0 Å². The molecule has 0 fully saturated rings. The summed E-state index contributed by atoms with van der Waals surface area (Å²) >= 11 is 0. The molecule has 0 amide bonds. The van der Waals surface area contributed by atoms with Crippen molar-refractivity contribution < 1.29 is 17.6 Å². The quantitative estimate of drug-likeness (QED) is 0.838. The smallest absolute Gasteiger partial charge is 0.150 e. The molecule has 96 valence electrons. The van der Waals surface area contributed by atoms with Crippen molar-refractivity contribution in [2.24, 2.45) is 0 Å². The van der Waals surface area contributed by atoms with Crippen molar-refractivity contribution >= 4 is 11.4 Å². The maximum Gasteiger partial charge on any atom is 0.150 e. The van der Waals surface area contributed by atoms with Crippen LogP contribution in [-0.4, -0.2) is 0 Å². The molecule has 0 saturated carbocycles. The molecule has 0 atom stereocenters. The van der Waals surface area contributed by atoms with E-state index in [1.807, 2.05) is 0 Å². The van der Waals surface area contributed by atoms with Gasteiger partial charge in [-0.1, -0.05) is 0 Å². The molecule has 0 radical (unpaired) electrons. The van der Waals surface area contributed by atoms with Crippen LogP contribution in [0.5, 0.6) is 0 Å². The zero-order chi connectivity index (χ0) is 14.0. The topological polar surface area (TPSA) is 35.8 Å². The van der Waals surface area contributed by atoms with Gasteiger partial charge in [0.05, 0.1) is 17.3 Å². The molecule has 0 unspecified atom stereocenters. The van der Waals surface area contributed by atoms with Crippen molar-refractivity contribution in [2.75, 3.05) is 5.32 Å². The number of nitriles is 1. The van der Waals surface area contributed by atoms with Crippen molar-refractivity contribution in [3.8, 4) is 6.07 Å². The molecule has 19 heavy (non-hydrogen) atoms. The second-order valence-electron chi connectivity index (χ2n) is 3.68. The molecule has 0 heterocycles. The summed E-state index contributed by atoms with van der Waals surface area (Å²) in [5.41, 5.74) is -1.26. The van der Waals surface area contributed by atoms with Gasteiger partial charge in [-0.15, -0.1) is 0 Å². The molecule has 0 aliphatic carbocycles. The van der Waals surface area contributed by atoms with E-state index >= 15 is 0 Å². The molecule has 0 aliphatic rings. The SMILES string of the molecule is N#Cc1cc(F)c(Nc2cc(F)ccc2F)c(F)c1. The molecule has 2 aromatic rings. The van der Waals surface area contributed by atoms with Gasteiger partial charge < -0.3 is 5.32 Å². The van der Waals surface area contributed by atoms with E-state index in [1.54, 1.807) is 6.07 Å². The highest BCUT2D eigenvalue weighted by Gasteiger charge is 2.13. The van der Waals surface area contributed by atoms with E-state index in [1.165, 1.54) is 0 Å². The average Bonchev–Trinajstić information content (AvgIpc) is 2.37. The summed E-state index contributed by atoms with van der Waals surface area (Å²) in [5, 5.41) is 10.7. The van der Waals surface area contributed by atoms with E-state index in [-0.39, 0.29) is 5.56 Å². The highest BCUT2D eigenvalue weighted by atomic mass is 19.1. The van der Waals surface area contributed by atoms with E-state index in [0.717, 1.165) is 30.3 Å². The first-order chi connectivity index (χ1) is 9.01. The van der Waals surface area contributed by atoms with Crippen molar-refractivity contribution in [2.45, 2.75) is 0 Å². The molecule has 2 rings (SSSR count). The average molecular weight is 266 g/mol. The van der Waals surface area contributed by atoms with Crippen LogP contribution >= 0.6 is 0 Å². The molecule has 6 heteroatoms. The van der Waals surface area contributed by atoms with E-state index in [0.29, 0.717) is 0 Å². The van der Waals surface area contributed by atoms with Crippen LogP contribution in [0.4, 0.5) is 28.9 Å². The number of anilines is 2. The summed E-state index contributed by atoms with van der Waals surface area (Å²) < 4.78 is 53.4. The summed E-state index contributed by atoms with van der Waals surface area (Å²) in [4.78, 5) is 0. The first-order valence-electron chi connectivity index (χ1n) is 5.12. The lowest BCUT2D eigenvalue weighted by molar-refractivity contribution is 0.586. The minimum Gasteiger partial charge on any atom is -0.348 e. The van der Waals surface area contributed by atoms with Crippen LogP contribution in [0.25, 0.3) is 0 Å². The lowest BCUT2D eigenvalue weighted by Crippen LogP contribution is -2.01. The number of halogens is 4. The number of rotatable bonds is 2. The lowest BCUT2D eigenvalue weighted by Gasteiger charge is -2.10. The molecule has 0 aliphatic heterocycles. The minimum absolute atomic E-state index is 0.208. The number of benzene rings is 2. The molecule has 2 aromatic carbocycles.